The van der Waals surface area contributed by atoms with Crippen molar-refractivity contribution in [2.24, 2.45) is 0 Å². The van der Waals surface area contributed by atoms with Crippen molar-refractivity contribution in [3.63, 3.8) is 0 Å². The number of carbonyl (C=O) groups is 1. The highest BCUT2D eigenvalue weighted by molar-refractivity contribution is 7.88. The highest BCUT2D eigenvalue weighted by Crippen LogP contribution is 2.12. The summed E-state index contributed by atoms with van der Waals surface area (Å²) in [5.74, 6) is -0.131. The lowest BCUT2D eigenvalue weighted by Crippen LogP contribution is -2.28. The minimum Gasteiger partial charge on any atom is -0.472 e. The van der Waals surface area contributed by atoms with E-state index in [9.17, 15) is 13.2 Å². The Morgan fingerprint density at radius 3 is 2.54 bits per heavy atom. The van der Waals surface area contributed by atoms with Crippen LogP contribution >= 0.6 is 0 Å². The van der Waals surface area contributed by atoms with Gasteiger partial charge in [-0.2, -0.15) is 0 Å². The number of sulfonamides is 1. The molecule has 0 saturated carbocycles. The number of urea groups is 1. The topological polar surface area (TPSA) is 100 Å². The second kappa shape index (κ2) is 8.32. The number of hydrogen-bond donors (Lipinski definition) is 3. The van der Waals surface area contributed by atoms with E-state index in [1.807, 2.05) is 0 Å². The first kappa shape index (κ1) is 17.8. The van der Waals surface area contributed by atoms with Crippen molar-refractivity contribution in [2.75, 3.05) is 11.9 Å². The zero-order valence-corrected chi connectivity index (χ0v) is 13.8. The van der Waals surface area contributed by atoms with Gasteiger partial charge in [-0.25, -0.2) is 17.9 Å². The average molecular weight is 349 g/mol. The third-order valence-corrected chi connectivity index (χ3v) is 4.37. The number of anilines is 1. The lowest BCUT2D eigenvalue weighted by atomic mass is 10.2. The molecule has 0 atom stereocenters. The molecule has 1 heterocycles. The highest BCUT2D eigenvalue weighted by Gasteiger charge is 2.10. The van der Waals surface area contributed by atoms with Crippen LogP contribution in [0.4, 0.5) is 10.5 Å². The Balaban J connectivity index is 1.85. The molecule has 1 aromatic heterocycles. The van der Waals surface area contributed by atoms with Gasteiger partial charge in [0.25, 0.3) is 0 Å². The molecule has 1 aromatic carbocycles. The van der Waals surface area contributed by atoms with Crippen LogP contribution in [-0.4, -0.2) is 21.0 Å². The lowest BCUT2D eigenvalue weighted by Gasteiger charge is -2.08. The van der Waals surface area contributed by atoms with Crippen LogP contribution in [0.3, 0.4) is 0 Å². The summed E-state index contributed by atoms with van der Waals surface area (Å²) in [6.07, 6.45) is 4.56. The maximum absolute atomic E-state index is 11.8. The van der Waals surface area contributed by atoms with Crippen molar-refractivity contribution in [2.45, 2.75) is 12.3 Å². The maximum atomic E-state index is 11.8. The molecule has 0 aliphatic heterocycles. The number of amides is 2. The highest BCUT2D eigenvalue weighted by atomic mass is 32.2. The van der Waals surface area contributed by atoms with Gasteiger partial charge in [-0.15, -0.1) is 6.58 Å². The largest absolute Gasteiger partial charge is 0.472 e. The quantitative estimate of drug-likeness (QED) is 0.636. The van der Waals surface area contributed by atoms with Crippen LogP contribution in [0, 0.1) is 0 Å². The number of benzene rings is 1. The fraction of sp³-hybridized carbons (Fsp3) is 0.188. The van der Waals surface area contributed by atoms with Crippen molar-refractivity contribution in [3.05, 3.63) is 66.6 Å². The van der Waals surface area contributed by atoms with E-state index in [2.05, 4.69) is 21.9 Å². The average Bonchev–Trinajstić information content (AvgIpc) is 3.06. The SMILES string of the molecule is C=CCNS(=O)(=O)Cc1ccc(NC(=O)NCc2ccoc2)cc1. The van der Waals surface area contributed by atoms with Gasteiger partial charge in [0.2, 0.25) is 10.0 Å². The first-order valence-corrected chi connectivity index (χ1v) is 8.87. The normalized spacial score (nSPS) is 11.0. The first-order chi connectivity index (χ1) is 11.5. The van der Waals surface area contributed by atoms with E-state index in [1.54, 1.807) is 36.6 Å². The molecular formula is C16H19N3O4S. The van der Waals surface area contributed by atoms with Gasteiger partial charge in [-0.3, -0.25) is 0 Å². The van der Waals surface area contributed by atoms with Crippen molar-refractivity contribution in [3.8, 4) is 0 Å². The van der Waals surface area contributed by atoms with Crippen LogP contribution in [0.15, 0.2) is 59.9 Å². The molecule has 0 radical (unpaired) electrons. The predicted molar refractivity (Wildman–Crippen MR) is 91.8 cm³/mol. The molecule has 0 aliphatic rings. The van der Waals surface area contributed by atoms with E-state index in [0.29, 0.717) is 17.8 Å². The molecule has 2 amide bonds. The van der Waals surface area contributed by atoms with Gasteiger partial charge in [-0.05, 0) is 23.8 Å². The molecule has 0 fully saturated rings. The molecule has 0 saturated heterocycles. The monoisotopic (exact) mass is 349 g/mol. The summed E-state index contributed by atoms with van der Waals surface area (Å²) >= 11 is 0. The Bertz CT molecular complexity index is 768. The van der Waals surface area contributed by atoms with Crippen molar-refractivity contribution >= 4 is 21.7 Å². The second-order valence-electron chi connectivity index (χ2n) is 5.03. The fourth-order valence-corrected chi connectivity index (χ4v) is 3.00. The summed E-state index contributed by atoms with van der Waals surface area (Å²) in [5, 5.41) is 5.35. The van der Waals surface area contributed by atoms with Gasteiger partial charge in [0.05, 0.1) is 18.3 Å². The molecule has 8 heteroatoms. The van der Waals surface area contributed by atoms with E-state index in [4.69, 9.17) is 4.42 Å². The summed E-state index contributed by atoms with van der Waals surface area (Å²) in [7, 11) is -3.40. The van der Waals surface area contributed by atoms with E-state index in [1.165, 1.54) is 12.3 Å². The van der Waals surface area contributed by atoms with Crippen molar-refractivity contribution in [1.82, 2.24) is 10.0 Å². The van der Waals surface area contributed by atoms with Crippen molar-refractivity contribution < 1.29 is 17.6 Å². The van der Waals surface area contributed by atoms with Crippen LogP contribution in [0.5, 0.6) is 0 Å². The van der Waals surface area contributed by atoms with E-state index in [0.717, 1.165) is 5.56 Å². The molecular weight excluding hydrogens is 330 g/mol. The molecule has 2 aromatic rings. The standard InChI is InChI=1S/C16H19N3O4S/c1-2-8-18-24(21,22)12-13-3-5-15(6-4-13)19-16(20)17-10-14-7-9-23-11-14/h2-7,9,11,18H,1,8,10,12H2,(H2,17,19,20). The molecule has 24 heavy (non-hydrogen) atoms. The molecule has 128 valence electrons. The molecule has 0 bridgehead atoms. The summed E-state index contributed by atoms with van der Waals surface area (Å²) in [4.78, 5) is 11.8. The molecule has 7 nitrogen and oxygen atoms in total. The predicted octanol–water partition coefficient (Wildman–Crippen LogP) is 2.21. The van der Waals surface area contributed by atoms with Gasteiger partial charge in [-0.1, -0.05) is 18.2 Å². The van der Waals surface area contributed by atoms with E-state index >= 15 is 0 Å². The van der Waals surface area contributed by atoms with Crippen molar-refractivity contribution in [1.29, 1.82) is 0 Å². The Kier molecular flexibility index (Phi) is 6.16. The third kappa shape index (κ3) is 5.90. The summed E-state index contributed by atoms with van der Waals surface area (Å²) in [6, 6.07) is 8.00. The van der Waals surface area contributed by atoms with Crippen LogP contribution in [0.25, 0.3) is 0 Å². The van der Waals surface area contributed by atoms with Crippen LogP contribution in [0.2, 0.25) is 0 Å². The van der Waals surface area contributed by atoms with Crippen LogP contribution < -0.4 is 15.4 Å². The van der Waals surface area contributed by atoms with Gasteiger partial charge in [0.15, 0.2) is 0 Å². The van der Waals surface area contributed by atoms with E-state index < -0.39 is 10.0 Å². The number of rotatable bonds is 8. The first-order valence-electron chi connectivity index (χ1n) is 7.21. The molecule has 3 N–H and O–H groups in total. The van der Waals surface area contributed by atoms with Gasteiger partial charge in [0, 0.05) is 24.3 Å². The number of nitrogens with one attached hydrogen (secondary N) is 3. The summed E-state index contributed by atoms with van der Waals surface area (Å²) in [5.41, 5.74) is 2.05. The number of carbonyl (C=O) groups excluding carboxylic acids is 1. The zero-order valence-electron chi connectivity index (χ0n) is 13.0. The van der Waals surface area contributed by atoms with Crippen LogP contribution in [0.1, 0.15) is 11.1 Å². The summed E-state index contributed by atoms with van der Waals surface area (Å²) < 4.78 is 30.9. The van der Waals surface area contributed by atoms with Crippen LogP contribution in [-0.2, 0) is 22.3 Å². The summed E-state index contributed by atoms with van der Waals surface area (Å²) in [6.45, 7) is 4.01. The smallest absolute Gasteiger partial charge is 0.319 e. The minimum atomic E-state index is -3.40. The minimum absolute atomic E-state index is 0.131. The Morgan fingerprint density at radius 2 is 1.92 bits per heavy atom. The Morgan fingerprint density at radius 1 is 1.17 bits per heavy atom. The Hall–Kier alpha value is -2.58. The number of hydrogen-bond acceptors (Lipinski definition) is 4. The van der Waals surface area contributed by atoms with Gasteiger partial charge >= 0.3 is 6.03 Å². The lowest BCUT2D eigenvalue weighted by molar-refractivity contribution is 0.251. The molecule has 2 rings (SSSR count). The maximum Gasteiger partial charge on any atom is 0.319 e. The number of furan rings is 1. The molecule has 0 aliphatic carbocycles. The third-order valence-electron chi connectivity index (χ3n) is 3.05. The Labute approximate surface area is 140 Å². The fourth-order valence-electron chi connectivity index (χ4n) is 1.89. The molecule has 0 spiro atoms. The zero-order chi connectivity index (χ0) is 17.4. The second-order valence-corrected chi connectivity index (χ2v) is 6.84. The van der Waals surface area contributed by atoms with Gasteiger partial charge in [0.1, 0.15) is 0 Å². The van der Waals surface area contributed by atoms with E-state index in [-0.39, 0.29) is 18.3 Å². The molecule has 0 unspecified atom stereocenters. The van der Waals surface area contributed by atoms with Gasteiger partial charge < -0.3 is 15.1 Å².